The zero-order valence-electron chi connectivity index (χ0n) is 12.1. The van der Waals surface area contributed by atoms with Crippen molar-refractivity contribution in [2.45, 2.75) is 18.9 Å². The van der Waals surface area contributed by atoms with E-state index < -0.39 is 0 Å². The molecule has 2 heterocycles. The van der Waals surface area contributed by atoms with E-state index in [0.29, 0.717) is 5.69 Å². The van der Waals surface area contributed by atoms with Crippen molar-refractivity contribution in [2.75, 3.05) is 18.0 Å². The third-order valence-corrected chi connectivity index (χ3v) is 3.64. The van der Waals surface area contributed by atoms with E-state index in [4.69, 9.17) is 0 Å². The third-order valence-electron chi connectivity index (χ3n) is 3.64. The zero-order valence-corrected chi connectivity index (χ0v) is 12.1. The summed E-state index contributed by atoms with van der Waals surface area (Å²) in [6.07, 6.45) is 1.34. The fourth-order valence-corrected chi connectivity index (χ4v) is 2.34. The highest BCUT2D eigenvalue weighted by Crippen LogP contribution is 2.17. The molecule has 0 bridgehead atoms. The Morgan fingerprint density at radius 2 is 1.68 bits per heavy atom. The van der Waals surface area contributed by atoms with Gasteiger partial charge in [-0.1, -0.05) is 5.92 Å². The van der Waals surface area contributed by atoms with Crippen LogP contribution in [0.1, 0.15) is 24.1 Å². The van der Waals surface area contributed by atoms with Crippen LogP contribution >= 0.6 is 0 Å². The molecule has 112 valence electrons. The second-order valence-corrected chi connectivity index (χ2v) is 5.29. The van der Waals surface area contributed by atoms with Crippen molar-refractivity contribution in [1.82, 2.24) is 10.2 Å². The van der Waals surface area contributed by atoms with Gasteiger partial charge in [0.05, 0.1) is 6.10 Å². The minimum atomic E-state index is -0.195. The quantitative estimate of drug-likeness (QED) is 0.781. The lowest BCUT2D eigenvalue weighted by Crippen LogP contribution is -2.36. The highest BCUT2D eigenvalue weighted by molar-refractivity contribution is 5.44. The molecule has 0 radical (unpaired) electrons. The first-order valence-corrected chi connectivity index (χ1v) is 7.28. The number of nitrogens with zero attached hydrogens (tertiary/aromatic N) is 3. The molecule has 1 aliphatic heterocycles. The van der Waals surface area contributed by atoms with Gasteiger partial charge in [0.15, 0.2) is 5.82 Å². The summed E-state index contributed by atoms with van der Waals surface area (Å²) in [4.78, 5) is 2.12. The molecule has 3 rings (SSSR count). The Bertz CT molecular complexity index is 679. The van der Waals surface area contributed by atoms with Crippen LogP contribution in [0.25, 0.3) is 0 Å². The van der Waals surface area contributed by atoms with Crippen LogP contribution in [0.4, 0.5) is 5.82 Å². The standard InChI is InChI=1S/C17H17N3O2/c21-15-6-2-13(3-7-15)1-4-14-5-8-17(19-18-14)20-11-9-16(22)10-12-20/h2-3,5-8,16,21-22H,9-12H2. The summed E-state index contributed by atoms with van der Waals surface area (Å²) >= 11 is 0. The Hall–Kier alpha value is -2.58. The molecule has 0 amide bonds. The predicted octanol–water partition coefficient (Wildman–Crippen LogP) is 1.54. The summed E-state index contributed by atoms with van der Waals surface area (Å²) in [7, 11) is 0. The van der Waals surface area contributed by atoms with E-state index >= 15 is 0 Å². The average molecular weight is 295 g/mol. The number of aromatic nitrogens is 2. The summed E-state index contributed by atoms with van der Waals surface area (Å²) in [5, 5.41) is 27.1. The summed E-state index contributed by atoms with van der Waals surface area (Å²) in [5.41, 5.74) is 1.42. The molecule has 0 unspecified atom stereocenters. The molecule has 5 heteroatoms. The number of piperidine rings is 1. The second-order valence-electron chi connectivity index (χ2n) is 5.29. The molecule has 1 fully saturated rings. The Morgan fingerprint density at radius 3 is 2.32 bits per heavy atom. The second kappa shape index (κ2) is 6.46. The van der Waals surface area contributed by atoms with Gasteiger partial charge in [-0.15, -0.1) is 10.2 Å². The summed E-state index contributed by atoms with van der Waals surface area (Å²) < 4.78 is 0. The molecule has 1 aromatic carbocycles. The molecule has 0 saturated carbocycles. The largest absolute Gasteiger partial charge is 0.508 e. The van der Waals surface area contributed by atoms with Crippen LogP contribution in [0, 0.1) is 11.8 Å². The number of aliphatic hydroxyl groups is 1. The lowest BCUT2D eigenvalue weighted by molar-refractivity contribution is 0.145. The van der Waals surface area contributed by atoms with Crippen molar-refractivity contribution in [3.05, 3.63) is 47.7 Å². The number of benzene rings is 1. The molecule has 0 atom stereocenters. The minimum absolute atomic E-state index is 0.195. The van der Waals surface area contributed by atoms with Crippen LogP contribution in [0.5, 0.6) is 5.75 Å². The zero-order chi connectivity index (χ0) is 15.4. The first-order chi connectivity index (χ1) is 10.7. The van der Waals surface area contributed by atoms with E-state index in [1.165, 1.54) is 0 Å². The van der Waals surface area contributed by atoms with Gasteiger partial charge in [0.2, 0.25) is 0 Å². The summed E-state index contributed by atoms with van der Waals surface area (Å²) in [5.74, 6) is 6.98. The first-order valence-electron chi connectivity index (χ1n) is 7.28. The normalized spacial score (nSPS) is 15.2. The topological polar surface area (TPSA) is 69.5 Å². The van der Waals surface area contributed by atoms with Crippen molar-refractivity contribution in [3.8, 4) is 17.6 Å². The van der Waals surface area contributed by atoms with Crippen LogP contribution in [-0.4, -0.2) is 39.6 Å². The van der Waals surface area contributed by atoms with Gasteiger partial charge >= 0.3 is 0 Å². The molecule has 2 N–H and O–H groups in total. The van der Waals surface area contributed by atoms with Crippen LogP contribution in [0.3, 0.4) is 0 Å². The van der Waals surface area contributed by atoms with Crippen LogP contribution in [0.2, 0.25) is 0 Å². The molecule has 0 aliphatic carbocycles. The Labute approximate surface area is 129 Å². The van der Waals surface area contributed by atoms with E-state index in [0.717, 1.165) is 37.3 Å². The van der Waals surface area contributed by atoms with Gasteiger partial charge in [0.1, 0.15) is 11.4 Å². The number of phenolic OH excluding ortho intramolecular Hbond substituents is 1. The number of rotatable bonds is 1. The van der Waals surface area contributed by atoms with E-state index in [1.54, 1.807) is 24.3 Å². The van der Waals surface area contributed by atoms with Gasteiger partial charge in [0, 0.05) is 18.7 Å². The Kier molecular flexibility index (Phi) is 4.22. The van der Waals surface area contributed by atoms with E-state index in [2.05, 4.69) is 26.9 Å². The van der Waals surface area contributed by atoms with Crippen LogP contribution < -0.4 is 4.90 Å². The Morgan fingerprint density at radius 1 is 0.955 bits per heavy atom. The van der Waals surface area contributed by atoms with Gasteiger partial charge in [-0.2, -0.15) is 0 Å². The fraction of sp³-hybridized carbons (Fsp3) is 0.294. The third kappa shape index (κ3) is 3.54. The van der Waals surface area contributed by atoms with Crippen molar-refractivity contribution in [3.63, 3.8) is 0 Å². The van der Waals surface area contributed by atoms with Gasteiger partial charge in [-0.05, 0) is 55.2 Å². The smallest absolute Gasteiger partial charge is 0.151 e. The first kappa shape index (κ1) is 14.4. The van der Waals surface area contributed by atoms with Crippen molar-refractivity contribution >= 4 is 5.82 Å². The van der Waals surface area contributed by atoms with Crippen molar-refractivity contribution in [1.29, 1.82) is 0 Å². The van der Waals surface area contributed by atoms with Crippen molar-refractivity contribution in [2.24, 2.45) is 0 Å². The summed E-state index contributed by atoms with van der Waals surface area (Å²) in [6, 6.07) is 10.5. The maximum absolute atomic E-state index is 9.52. The lowest BCUT2D eigenvalue weighted by Gasteiger charge is -2.29. The van der Waals surface area contributed by atoms with Crippen LogP contribution in [-0.2, 0) is 0 Å². The number of aromatic hydroxyl groups is 1. The molecule has 1 aromatic heterocycles. The lowest BCUT2D eigenvalue weighted by atomic mass is 10.1. The number of hydrogen-bond donors (Lipinski definition) is 2. The van der Waals surface area contributed by atoms with Crippen molar-refractivity contribution < 1.29 is 10.2 Å². The number of hydrogen-bond acceptors (Lipinski definition) is 5. The minimum Gasteiger partial charge on any atom is -0.508 e. The molecular weight excluding hydrogens is 278 g/mol. The monoisotopic (exact) mass is 295 g/mol. The van der Waals surface area contributed by atoms with Gasteiger partial charge in [-0.25, -0.2) is 0 Å². The molecule has 0 spiro atoms. The average Bonchev–Trinajstić information content (AvgIpc) is 2.56. The Balaban J connectivity index is 1.68. The molecule has 2 aromatic rings. The van der Waals surface area contributed by atoms with Gasteiger partial charge in [0.25, 0.3) is 0 Å². The summed E-state index contributed by atoms with van der Waals surface area (Å²) in [6.45, 7) is 1.60. The van der Waals surface area contributed by atoms with Gasteiger partial charge < -0.3 is 15.1 Å². The van der Waals surface area contributed by atoms with Crippen LogP contribution in [0.15, 0.2) is 36.4 Å². The maximum Gasteiger partial charge on any atom is 0.151 e. The van der Waals surface area contributed by atoms with E-state index in [1.807, 2.05) is 12.1 Å². The molecule has 1 aliphatic rings. The maximum atomic E-state index is 9.52. The van der Waals surface area contributed by atoms with Gasteiger partial charge in [-0.3, -0.25) is 0 Å². The highest BCUT2D eigenvalue weighted by Gasteiger charge is 2.18. The SMILES string of the molecule is Oc1ccc(C#Cc2ccc(N3CCC(O)CC3)nn2)cc1. The predicted molar refractivity (Wildman–Crippen MR) is 83.6 cm³/mol. The molecule has 22 heavy (non-hydrogen) atoms. The fourth-order valence-electron chi connectivity index (χ4n) is 2.34. The van der Waals surface area contributed by atoms with E-state index in [-0.39, 0.29) is 11.9 Å². The number of phenols is 1. The number of anilines is 1. The molecular formula is C17H17N3O2. The highest BCUT2D eigenvalue weighted by atomic mass is 16.3. The van der Waals surface area contributed by atoms with E-state index in [9.17, 15) is 10.2 Å². The number of aliphatic hydroxyl groups excluding tert-OH is 1. The molecule has 1 saturated heterocycles. The molecule has 5 nitrogen and oxygen atoms in total.